The zero-order valence-electron chi connectivity index (χ0n) is 12.0. The van der Waals surface area contributed by atoms with Crippen LogP contribution in [0.5, 0.6) is 0 Å². The first-order valence-corrected chi connectivity index (χ1v) is 6.38. The molecule has 0 aromatic heterocycles. The molecule has 0 aliphatic rings. The van der Waals surface area contributed by atoms with Crippen molar-refractivity contribution in [3.8, 4) is 0 Å². The quantitative estimate of drug-likeness (QED) is 0.671. The van der Waals surface area contributed by atoms with Crippen LogP contribution >= 0.6 is 0 Å². The van der Waals surface area contributed by atoms with Crippen molar-refractivity contribution < 1.29 is 14.7 Å². The number of carboxylic acids is 1. The summed E-state index contributed by atoms with van der Waals surface area (Å²) in [6.45, 7) is 9.37. The van der Waals surface area contributed by atoms with E-state index in [4.69, 9.17) is 5.73 Å². The van der Waals surface area contributed by atoms with Crippen LogP contribution in [0.25, 0.3) is 0 Å². The van der Waals surface area contributed by atoms with E-state index in [9.17, 15) is 14.7 Å². The summed E-state index contributed by atoms with van der Waals surface area (Å²) in [6, 6.07) is -0.908. The van der Waals surface area contributed by atoms with Gasteiger partial charge in [0.1, 0.15) is 6.04 Å². The molecule has 0 aromatic carbocycles. The zero-order valence-corrected chi connectivity index (χ0v) is 12.0. The van der Waals surface area contributed by atoms with Crippen molar-refractivity contribution in [2.24, 2.45) is 16.6 Å². The maximum absolute atomic E-state index is 12.3. The smallest absolute Gasteiger partial charge is 0.326 e. The van der Waals surface area contributed by atoms with E-state index >= 15 is 0 Å². The molecule has 0 rings (SSSR count). The SMILES string of the molecule is CCC(CC)(CN)C(=O)N[C@H](C(=O)O)C(C)(C)C. The number of aliphatic carboxylic acids is 1. The van der Waals surface area contributed by atoms with Gasteiger partial charge in [0, 0.05) is 6.54 Å². The highest BCUT2D eigenvalue weighted by molar-refractivity contribution is 5.88. The number of rotatable bonds is 6. The second-order valence-corrected chi connectivity index (χ2v) is 5.80. The van der Waals surface area contributed by atoms with E-state index in [1.165, 1.54) is 0 Å². The lowest BCUT2D eigenvalue weighted by Gasteiger charge is -2.34. The largest absolute Gasteiger partial charge is 0.480 e. The van der Waals surface area contributed by atoms with Gasteiger partial charge in [0.2, 0.25) is 5.91 Å². The Morgan fingerprint density at radius 2 is 1.67 bits per heavy atom. The van der Waals surface area contributed by atoms with Crippen molar-refractivity contribution >= 4 is 11.9 Å². The molecule has 0 saturated heterocycles. The van der Waals surface area contributed by atoms with Gasteiger partial charge in [-0.15, -0.1) is 0 Å². The molecule has 1 amide bonds. The van der Waals surface area contributed by atoms with Crippen molar-refractivity contribution in [3.05, 3.63) is 0 Å². The molecule has 5 heteroatoms. The fraction of sp³-hybridized carbons (Fsp3) is 0.846. The molecule has 0 radical (unpaired) electrons. The maximum Gasteiger partial charge on any atom is 0.326 e. The Morgan fingerprint density at radius 1 is 1.22 bits per heavy atom. The van der Waals surface area contributed by atoms with Crippen LogP contribution in [0.3, 0.4) is 0 Å². The van der Waals surface area contributed by atoms with Gasteiger partial charge in [-0.05, 0) is 18.3 Å². The molecule has 4 N–H and O–H groups in total. The minimum absolute atomic E-state index is 0.225. The Kier molecular flexibility index (Phi) is 5.80. The Labute approximate surface area is 109 Å². The number of amides is 1. The van der Waals surface area contributed by atoms with Gasteiger partial charge in [-0.2, -0.15) is 0 Å². The third-order valence-electron chi connectivity index (χ3n) is 3.61. The number of nitrogens with two attached hydrogens (primary N) is 1. The predicted molar refractivity (Wildman–Crippen MR) is 71.1 cm³/mol. The Balaban J connectivity index is 5.07. The molecule has 106 valence electrons. The molecule has 18 heavy (non-hydrogen) atoms. The lowest BCUT2D eigenvalue weighted by molar-refractivity contribution is -0.147. The van der Waals surface area contributed by atoms with E-state index in [0.717, 1.165) is 0 Å². The van der Waals surface area contributed by atoms with Gasteiger partial charge >= 0.3 is 5.97 Å². The number of carbonyl (C=O) groups excluding carboxylic acids is 1. The third-order valence-corrected chi connectivity index (χ3v) is 3.61. The highest BCUT2D eigenvalue weighted by atomic mass is 16.4. The fourth-order valence-electron chi connectivity index (χ4n) is 1.89. The molecule has 0 bridgehead atoms. The van der Waals surface area contributed by atoms with Crippen molar-refractivity contribution in [2.75, 3.05) is 6.54 Å². The van der Waals surface area contributed by atoms with E-state index in [2.05, 4.69) is 5.32 Å². The molecule has 0 aliphatic carbocycles. The van der Waals surface area contributed by atoms with Crippen LogP contribution < -0.4 is 11.1 Å². The summed E-state index contributed by atoms with van der Waals surface area (Å²) in [4.78, 5) is 23.5. The average Bonchev–Trinajstić information content (AvgIpc) is 2.27. The van der Waals surface area contributed by atoms with Gasteiger partial charge < -0.3 is 16.2 Å². The molecule has 0 spiro atoms. The van der Waals surface area contributed by atoms with Gasteiger partial charge in [-0.1, -0.05) is 34.6 Å². The van der Waals surface area contributed by atoms with Crippen LogP contribution in [0.4, 0.5) is 0 Å². The van der Waals surface area contributed by atoms with Crippen molar-refractivity contribution in [3.63, 3.8) is 0 Å². The Hall–Kier alpha value is -1.10. The van der Waals surface area contributed by atoms with E-state index in [-0.39, 0.29) is 12.5 Å². The Morgan fingerprint density at radius 3 is 1.89 bits per heavy atom. The first-order chi connectivity index (χ1) is 8.14. The molecule has 0 aliphatic heterocycles. The molecule has 0 heterocycles. The highest BCUT2D eigenvalue weighted by Gasteiger charge is 2.39. The topological polar surface area (TPSA) is 92.4 Å². The van der Waals surface area contributed by atoms with Crippen LogP contribution in [0.1, 0.15) is 47.5 Å². The summed E-state index contributed by atoms with van der Waals surface area (Å²) in [7, 11) is 0. The average molecular weight is 258 g/mol. The molecular formula is C13H26N2O3. The third kappa shape index (κ3) is 3.70. The molecule has 0 fully saturated rings. The number of carboxylic acid groups (broad SMARTS) is 1. The van der Waals surface area contributed by atoms with Crippen LogP contribution in [-0.2, 0) is 9.59 Å². The molecule has 5 nitrogen and oxygen atoms in total. The molecule has 0 unspecified atom stereocenters. The zero-order chi connectivity index (χ0) is 14.6. The van der Waals surface area contributed by atoms with Gasteiger partial charge in [0.25, 0.3) is 0 Å². The number of hydrogen-bond acceptors (Lipinski definition) is 3. The summed E-state index contributed by atoms with van der Waals surface area (Å²) in [5.41, 5.74) is 4.48. The fourth-order valence-corrected chi connectivity index (χ4v) is 1.89. The van der Waals surface area contributed by atoms with Crippen LogP contribution in [0.15, 0.2) is 0 Å². The summed E-state index contributed by atoms with van der Waals surface area (Å²) < 4.78 is 0. The van der Waals surface area contributed by atoms with Crippen molar-refractivity contribution in [2.45, 2.75) is 53.5 Å². The monoisotopic (exact) mass is 258 g/mol. The lowest BCUT2D eigenvalue weighted by atomic mass is 9.79. The van der Waals surface area contributed by atoms with E-state index in [1.807, 2.05) is 13.8 Å². The number of carbonyl (C=O) groups is 2. The highest BCUT2D eigenvalue weighted by Crippen LogP contribution is 2.27. The lowest BCUT2D eigenvalue weighted by Crippen LogP contribution is -2.55. The summed E-state index contributed by atoms with van der Waals surface area (Å²) in [5.74, 6) is -1.29. The first-order valence-electron chi connectivity index (χ1n) is 6.38. The molecule has 1 atom stereocenters. The maximum atomic E-state index is 12.3. The minimum atomic E-state index is -1.02. The summed E-state index contributed by atoms with van der Waals surface area (Å²) >= 11 is 0. The molecule has 0 aromatic rings. The second-order valence-electron chi connectivity index (χ2n) is 5.80. The van der Waals surface area contributed by atoms with E-state index < -0.39 is 22.8 Å². The summed E-state index contributed by atoms with van der Waals surface area (Å²) in [6.07, 6.45) is 1.20. The van der Waals surface area contributed by atoms with Crippen molar-refractivity contribution in [1.82, 2.24) is 5.32 Å². The van der Waals surface area contributed by atoms with Crippen molar-refractivity contribution in [1.29, 1.82) is 0 Å². The van der Waals surface area contributed by atoms with Gasteiger partial charge in [0.15, 0.2) is 0 Å². The Bertz CT molecular complexity index is 296. The summed E-state index contributed by atoms with van der Waals surface area (Å²) in [5, 5.41) is 11.8. The first kappa shape index (κ1) is 16.9. The van der Waals surface area contributed by atoms with Crippen LogP contribution in [-0.4, -0.2) is 29.6 Å². The second kappa shape index (κ2) is 6.18. The molecular weight excluding hydrogens is 232 g/mol. The number of hydrogen-bond donors (Lipinski definition) is 3. The van der Waals surface area contributed by atoms with Crippen LogP contribution in [0.2, 0.25) is 0 Å². The predicted octanol–water partition coefficient (Wildman–Crippen LogP) is 1.37. The van der Waals surface area contributed by atoms with E-state index in [1.54, 1.807) is 20.8 Å². The van der Waals surface area contributed by atoms with Crippen LogP contribution in [0, 0.1) is 10.8 Å². The molecule has 0 saturated carbocycles. The van der Waals surface area contributed by atoms with E-state index in [0.29, 0.717) is 12.8 Å². The minimum Gasteiger partial charge on any atom is -0.480 e. The number of nitrogens with one attached hydrogen (secondary N) is 1. The van der Waals surface area contributed by atoms with Gasteiger partial charge in [-0.25, -0.2) is 4.79 Å². The van der Waals surface area contributed by atoms with Gasteiger partial charge in [-0.3, -0.25) is 4.79 Å². The normalized spacial score (nSPS) is 14.1. The van der Waals surface area contributed by atoms with Gasteiger partial charge in [0.05, 0.1) is 5.41 Å². The standard InChI is InChI=1S/C13H26N2O3/c1-6-13(7-2,8-14)11(18)15-9(10(16)17)12(3,4)5/h9H,6-8,14H2,1-5H3,(H,15,18)(H,16,17)/t9-/m1/s1.